The largest absolute Gasteiger partial charge is 0.366 e. The molecule has 0 saturated heterocycles. The average molecular weight is 308 g/mol. The molecule has 0 aliphatic heterocycles. The number of primary amides is 1. The van der Waals surface area contributed by atoms with E-state index in [1.807, 2.05) is 37.3 Å². The molecule has 116 valence electrons. The van der Waals surface area contributed by atoms with Crippen LogP contribution < -0.4 is 11.3 Å². The van der Waals surface area contributed by atoms with Gasteiger partial charge in [-0.15, -0.1) is 0 Å². The molecule has 0 unspecified atom stereocenters. The summed E-state index contributed by atoms with van der Waals surface area (Å²) in [6.45, 7) is 1.82. The first kappa shape index (κ1) is 14.8. The van der Waals surface area contributed by atoms with Crippen LogP contribution in [0.5, 0.6) is 0 Å². The van der Waals surface area contributed by atoms with Gasteiger partial charge >= 0.3 is 0 Å². The quantitative estimate of drug-likeness (QED) is 0.798. The number of carbonyl (C=O) groups excluding carboxylic acids is 1. The highest BCUT2D eigenvalue weighted by Crippen LogP contribution is 2.22. The molecular formula is C17H16N4O2. The summed E-state index contributed by atoms with van der Waals surface area (Å²) >= 11 is 0. The third kappa shape index (κ3) is 2.34. The van der Waals surface area contributed by atoms with Gasteiger partial charge in [0, 0.05) is 18.9 Å². The summed E-state index contributed by atoms with van der Waals surface area (Å²) in [5, 5.41) is 0. The zero-order chi connectivity index (χ0) is 16.6. The van der Waals surface area contributed by atoms with Crippen LogP contribution in [0, 0.1) is 6.92 Å². The van der Waals surface area contributed by atoms with Gasteiger partial charge in [-0.1, -0.05) is 18.2 Å². The molecule has 2 N–H and O–H groups in total. The summed E-state index contributed by atoms with van der Waals surface area (Å²) in [5.74, 6) is -0.609. The van der Waals surface area contributed by atoms with E-state index in [0.717, 1.165) is 5.69 Å². The van der Waals surface area contributed by atoms with Gasteiger partial charge in [0.15, 0.2) is 0 Å². The van der Waals surface area contributed by atoms with Crippen LogP contribution in [0.15, 0.2) is 53.5 Å². The topological polar surface area (TPSA) is 82.9 Å². The number of aromatic nitrogens is 3. The predicted molar refractivity (Wildman–Crippen MR) is 87.5 cm³/mol. The van der Waals surface area contributed by atoms with Crippen LogP contribution in [0.25, 0.3) is 16.9 Å². The van der Waals surface area contributed by atoms with Gasteiger partial charge in [0.2, 0.25) is 0 Å². The molecule has 0 atom stereocenters. The minimum atomic E-state index is -0.609. The van der Waals surface area contributed by atoms with E-state index in [1.165, 1.54) is 0 Å². The van der Waals surface area contributed by atoms with Crippen LogP contribution in [0.2, 0.25) is 0 Å². The number of carbonyl (C=O) groups is 1. The molecule has 2 aromatic heterocycles. The molecular weight excluding hydrogens is 292 g/mol. The van der Waals surface area contributed by atoms with E-state index in [9.17, 15) is 9.59 Å². The van der Waals surface area contributed by atoms with Gasteiger partial charge in [0.25, 0.3) is 11.5 Å². The first-order chi connectivity index (χ1) is 11.0. The maximum absolute atomic E-state index is 12.9. The Bertz CT molecular complexity index is 939. The van der Waals surface area contributed by atoms with Gasteiger partial charge in [-0.05, 0) is 31.2 Å². The summed E-state index contributed by atoms with van der Waals surface area (Å²) in [6.07, 6.45) is 1.54. The number of nitrogens with zero attached hydrogens (tertiary/aromatic N) is 3. The van der Waals surface area contributed by atoms with Gasteiger partial charge in [-0.3, -0.25) is 19.3 Å². The molecule has 0 radical (unpaired) electrons. The minimum Gasteiger partial charge on any atom is -0.366 e. The number of benzene rings is 1. The van der Waals surface area contributed by atoms with Crippen molar-refractivity contribution in [1.29, 1.82) is 0 Å². The maximum atomic E-state index is 12.9. The molecule has 1 amide bonds. The Morgan fingerprint density at radius 1 is 1.13 bits per heavy atom. The summed E-state index contributed by atoms with van der Waals surface area (Å²) in [7, 11) is 1.79. The lowest BCUT2D eigenvalue weighted by Gasteiger charge is -2.07. The van der Waals surface area contributed by atoms with Crippen LogP contribution in [-0.2, 0) is 7.05 Å². The molecule has 0 saturated carbocycles. The van der Waals surface area contributed by atoms with E-state index in [1.54, 1.807) is 34.7 Å². The van der Waals surface area contributed by atoms with Gasteiger partial charge in [-0.2, -0.15) is 0 Å². The molecule has 1 aromatic carbocycles. The molecule has 0 aliphatic rings. The molecule has 0 spiro atoms. The molecule has 23 heavy (non-hydrogen) atoms. The summed E-state index contributed by atoms with van der Waals surface area (Å²) in [4.78, 5) is 28.8. The van der Waals surface area contributed by atoms with Gasteiger partial charge < -0.3 is 5.73 Å². The van der Waals surface area contributed by atoms with Crippen LogP contribution in [-0.4, -0.2) is 20.3 Å². The Kier molecular flexibility index (Phi) is 3.57. The number of hydrogen-bond acceptors (Lipinski definition) is 3. The molecule has 0 fully saturated rings. The van der Waals surface area contributed by atoms with Crippen molar-refractivity contribution in [3.8, 4) is 16.9 Å². The number of rotatable bonds is 3. The maximum Gasteiger partial charge on any atom is 0.281 e. The van der Waals surface area contributed by atoms with Crippen molar-refractivity contribution in [2.75, 3.05) is 0 Å². The highest BCUT2D eigenvalue weighted by atomic mass is 16.1. The van der Waals surface area contributed by atoms with Crippen molar-refractivity contribution in [2.45, 2.75) is 6.92 Å². The van der Waals surface area contributed by atoms with E-state index >= 15 is 0 Å². The van der Waals surface area contributed by atoms with Gasteiger partial charge in [0.05, 0.1) is 22.5 Å². The number of para-hydroxylation sites is 1. The zero-order valence-corrected chi connectivity index (χ0v) is 12.9. The first-order valence-electron chi connectivity index (χ1n) is 7.11. The van der Waals surface area contributed by atoms with E-state index in [2.05, 4.69) is 4.98 Å². The third-order valence-electron chi connectivity index (χ3n) is 3.86. The fourth-order valence-electron chi connectivity index (χ4n) is 2.64. The van der Waals surface area contributed by atoms with Crippen LogP contribution in [0.4, 0.5) is 0 Å². The van der Waals surface area contributed by atoms with Crippen molar-refractivity contribution < 1.29 is 4.79 Å². The number of nitrogens with two attached hydrogens (primary N) is 1. The standard InChI is InChI=1S/C17H16N4O2/c1-11-14(15-13(16(18)22)9-6-10-19-15)17(23)21(20(11)2)12-7-4-3-5-8-12/h3-10H,1-2H3,(H2,18,22). The number of hydrogen-bond donors (Lipinski definition) is 1. The molecule has 3 aromatic rings. The van der Waals surface area contributed by atoms with Crippen molar-refractivity contribution >= 4 is 5.91 Å². The Morgan fingerprint density at radius 2 is 1.83 bits per heavy atom. The number of amides is 1. The second kappa shape index (κ2) is 5.57. The molecule has 6 nitrogen and oxygen atoms in total. The average Bonchev–Trinajstić information content (AvgIpc) is 2.78. The highest BCUT2D eigenvalue weighted by molar-refractivity contribution is 5.98. The fourth-order valence-corrected chi connectivity index (χ4v) is 2.64. The van der Waals surface area contributed by atoms with Crippen LogP contribution >= 0.6 is 0 Å². The van der Waals surface area contributed by atoms with E-state index < -0.39 is 5.91 Å². The Morgan fingerprint density at radius 3 is 2.48 bits per heavy atom. The van der Waals surface area contributed by atoms with Crippen molar-refractivity contribution in [3.05, 3.63) is 70.3 Å². The summed E-state index contributed by atoms with van der Waals surface area (Å²) in [6, 6.07) is 12.5. The molecule has 3 rings (SSSR count). The lowest BCUT2D eigenvalue weighted by atomic mass is 10.1. The second-order valence-corrected chi connectivity index (χ2v) is 5.20. The third-order valence-corrected chi connectivity index (χ3v) is 3.86. The fraction of sp³-hybridized carbons (Fsp3) is 0.118. The van der Waals surface area contributed by atoms with Crippen molar-refractivity contribution in [2.24, 2.45) is 12.8 Å². The van der Waals surface area contributed by atoms with E-state index in [4.69, 9.17) is 5.73 Å². The SMILES string of the molecule is Cc1c(-c2ncccc2C(N)=O)c(=O)n(-c2ccccc2)n1C. The van der Waals surface area contributed by atoms with Crippen LogP contribution in [0.1, 0.15) is 16.1 Å². The Labute approximate surface area is 132 Å². The second-order valence-electron chi connectivity index (χ2n) is 5.20. The van der Waals surface area contributed by atoms with Gasteiger partial charge in [-0.25, -0.2) is 4.68 Å². The summed E-state index contributed by atoms with van der Waals surface area (Å²) < 4.78 is 3.29. The van der Waals surface area contributed by atoms with Crippen LogP contribution in [0.3, 0.4) is 0 Å². The molecule has 0 aliphatic carbocycles. The predicted octanol–water partition coefficient (Wildman–Crippen LogP) is 1.65. The molecule has 6 heteroatoms. The lowest BCUT2D eigenvalue weighted by molar-refractivity contribution is 0.100. The zero-order valence-electron chi connectivity index (χ0n) is 12.9. The van der Waals surface area contributed by atoms with E-state index in [-0.39, 0.29) is 11.1 Å². The van der Waals surface area contributed by atoms with Crippen molar-refractivity contribution in [3.63, 3.8) is 0 Å². The summed E-state index contributed by atoms with van der Waals surface area (Å²) in [5.41, 5.74) is 7.55. The van der Waals surface area contributed by atoms with Crippen molar-refractivity contribution in [1.82, 2.24) is 14.3 Å². The lowest BCUT2D eigenvalue weighted by Crippen LogP contribution is -2.21. The number of pyridine rings is 1. The Balaban J connectivity index is 2.33. The first-order valence-corrected chi connectivity index (χ1v) is 7.11. The molecule has 2 heterocycles. The molecule has 0 bridgehead atoms. The Hall–Kier alpha value is -3.15. The monoisotopic (exact) mass is 308 g/mol. The highest BCUT2D eigenvalue weighted by Gasteiger charge is 2.22. The van der Waals surface area contributed by atoms with E-state index in [0.29, 0.717) is 17.0 Å². The van der Waals surface area contributed by atoms with Gasteiger partial charge in [0.1, 0.15) is 0 Å². The smallest absolute Gasteiger partial charge is 0.281 e. The minimum absolute atomic E-state index is 0.235. The normalized spacial score (nSPS) is 10.7.